The van der Waals surface area contributed by atoms with Crippen molar-refractivity contribution in [3.8, 4) is 0 Å². The lowest BCUT2D eigenvalue weighted by atomic mass is 10.2. The molecule has 0 saturated carbocycles. The molecule has 2 aromatic carbocycles. The second-order valence-corrected chi connectivity index (χ2v) is 4.67. The molecule has 2 rings (SSSR count). The van der Waals surface area contributed by atoms with Crippen molar-refractivity contribution in [1.82, 2.24) is 0 Å². The van der Waals surface area contributed by atoms with Crippen LogP contribution in [0.4, 0.5) is 11.4 Å². The van der Waals surface area contributed by atoms with E-state index in [4.69, 9.17) is 0 Å². The Morgan fingerprint density at radius 1 is 1.17 bits per heavy atom. The average molecular weight is 307 g/mol. The van der Waals surface area contributed by atoms with Gasteiger partial charge in [0.1, 0.15) is 0 Å². The summed E-state index contributed by atoms with van der Waals surface area (Å²) in [6.45, 7) is 0.416. The second kappa shape index (κ2) is 5.64. The Hall–Kier alpha value is -1.88. The molecule has 0 saturated heterocycles. The summed E-state index contributed by atoms with van der Waals surface area (Å²) in [5.74, 6) is 0. The first-order valence-corrected chi connectivity index (χ1v) is 6.18. The number of nitrogens with zero attached hydrogens (tertiary/aromatic N) is 1. The summed E-state index contributed by atoms with van der Waals surface area (Å²) < 4.78 is 0.831. The number of halogens is 1. The summed E-state index contributed by atoms with van der Waals surface area (Å²) in [5.41, 5.74) is 1.71. The molecular formula is C13H11BrN2O2. The van der Waals surface area contributed by atoms with E-state index in [-0.39, 0.29) is 10.6 Å². The molecule has 18 heavy (non-hydrogen) atoms. The van der Waals surface area contributed by atoms with Crippen molar-refractivity contribution in [2.45, 2.75) is 6.54 Å². The highest BCUT2D eigenvalue weighted by Crippen LogP contribution is 2.23. The van der Waals surface area contributed by atoms with Gasteiger partial charge in [0.15, 0.2) is 0 Å². The van der Waals surface area contributed by atoms with Crippen LogP contribution in [-0.4, -0.2) is 4.92 Å². The van der Waals surface area contributed by atoms with E-state index in [9.17, 15) is 10.1 Å². The molecule has 0 aromatic heterocycles. The molecule has 0 unspecified atom stereocenters. The molecule has 0 aliphatic rings. The van der Waals surface area contributed by atoms with Gasteiger partial charge in [-0.15, -0.1) is 0 Å². The molecule has 2 aromatic rings. The van der Waals surface area contributed by atoms with Crippen molar-refractivity contribution in [3.05, 3.63) is 68.7 Å². The van der Waals surface area contributed by atoms with Crippen LogP contribution in [0.2, 0.25) is 0 Å². The minimum absolute atomic E-state index is 0.127. The maximum atomic E-state index is 10.9. The van der Waals surface area contributed by atoms with Crippen LogP contribution in [0.15, 0.2) is 53.0 Å². The SMILES string of the molecule is O=[N+]([O-])c1ccc(Br)cc1CNc1ccccc1. The Morgan fingerprint density at radius 3 is 2.56 bits per heavy atom. The van der Waals surface area contributed by atoms with Gasteiger partial charge in [-0.3, -0.25) is 10.1 Å². The molecule has 0 aliphatic heterocycles. The van der Waals surface area contributed by atoms with E-state index >= 15 is 0 Å². The van der Waals surface area contributed by atoms with E-state index in [2.05, 4.69) is 21.2 Å². The molecule has 92 valence electrons. The first-order valence-electron chi connectivity index (χ1n) is 5.38. The highest BCUT2D eigenvalue weighted by atomic mass is 79.9. The molecule has 0 spiro atoms. The molecule has 0 bridgehead atoms. The highest BCUT2D eigenvalue weighted by molar-refractivity contribution is 9.10. The third kappa shape index (κ3) is 3.07. The fourth-order valence-corrected chi connectivity index (χ4v) is 2.04. The van der Waals surface area contributed by atoms with Crippen molar-refractivity contribution in [2.24, 2.45) is 0 Å². The van der Waals surface area contributed by atoms with Gasteiger partial charge in [-0.1, -0.05) is 34.1 Å². The smallest absolute Gasteiger partial charge is 0.274 e. The summed E-state index contributed by atoms with van der Waals surface area (Å²) >= 11 is 3.32. The van der Waals surface area contributed by atoms with Crippen molar-refractivity contribution in [2.75, 3.05) is 5.32 Å². The predicted molar refractivity (Wildman–Crippen MR) is 74.6 cm³/mol. The molecule has 1 N–H and O–H groups in total. The second-order valence-electron chi connectivity index (χ2n) is 3.75. The number of rotatable bonds is 4. The minimum atomic E-state index is -0.367. The number of nitro benzene ring substituents is 1. The predicted octanol–water partition coefficient (Wildman–Crippen LogP) is 3.97. The fraction of sp³-hybridized carbons (Fsp3) is 0.0769. The first kappa shape index (κ1) is 12.6. The number of benzene rings is 2. The summed E-state index contributed by atoms with van der Waals surface area (Å²) in [6, 6.07) is 14.5. The number of para-hydroxylation sites is 1. The Kier molecular flexibility index (Phi) is 3.94. The quantitative estimate of drug-likeness (QED) is 0.687. The topological polar surface area (TPSA) is 55.2 Å². The van der Waals surface area contributed by atoms with Crippen LogP contribution in [-0.2, 0) is 6.54 Å². The molecule has 4 nitrogen and oxygen atoms in total. The van der Waals surface area contributed by atoms with Gasteiger partial charge >= 0.3 is 0 Å². The molecule has 0 heterocycles. The van der Waals surface area contributed by atoms with E-state index in [1.54, 1.807) is 12.1 Å². The number of anilines is 1. The van der Waals surface area contributed by atoms with E-state index < -0.39 is 0 Å². The largest absolute Gasteiger partial charge is 0.381 e. The van der Waals surface area contributed by atoms with Crippen LogP contribution in [0.5, 0.6) is 0 Å². The van der Waals surface area contributed by atoms with Gasteiger partial charge in [-0.2, -0.15) is 0 Å². The average Bonchev–Trinajstić information content (AvgIpc) is 2.37. The lowest BCUT2D eigenvalue weighted by molar-refractivity contribution is -0.385. The Morgan fingerprint density at radius 2 is 1.89 bits per heavy atom. The van der Waals surface area contributed by atoms with Crippen molar-refractivity contribution >= 4 is 27.3 Å². The molecule has 5 heteroatoms. The third-order valence-corrected chi connectivity index (χ3v) is 2.99. The van der Waals surface area contributed by atoms with Crippen LogP contribution in [0, 0.1) is 10.1 Å². The van der Waals surface area contributed by atoms with E-state index in [0.717, 1.165) is 10.2 Å². The number of hydrogen-bond donors (Lipinski definition) is 1. The normalized spacial score (nSPS) is 10.1. The Bertz CT molecular complexity index is 558. The van der Waals surface area contributed by atoms with Crippen LogP contribution in [0.3, 0.4) is 0 Å². The fourth-order valence-electron chi connectivity index (χ4n) is 1.63. The van der Waals surface area contributed by atoms with E-state index in [1.807, 2.05) is 30.3 Å². The maximum Gasteiger partial charge on any atom is 0.274 e. The third-order valence-electron chi connectivity index (χ3n) is 2.49. The first-order chi connectivity index (χ1) is 8.66. The zero-order chi connectivity index (χ0) is 13.0. The maximum absolute atomic E-state index is 10.9. The van der Waals surface area contributed by atoms with Gasteiger partial charge in [-0.25, -0.2) is 0 Å². The summed E-state index contributed by atoms with van der Waals surface area (Å²) in [6.07, 6.45) is 0. The van der Waals surface area contributed by atoms with Gasteiger partial charge in [0.25, 0.3) is 5.69 Å². The lowest BCUT2D eigenvalue weighted by Gasteiger charge is -2.07. The lowest BCUT2D eigenvalue weighted by Crippen LogP contribution is -2.03. The zero-order valence-corrected chi connectivity index (χ0v) is 11.1. The van der Waals surface area contributed by atoms with E-state index in [1.165, 1.54) is 6.07 Å². The Balaban J connectivity index is 2.18. The van der Waals surface area contributed by atoms with Crippen molar-refractivity contribution in [1.29, 1.82) is 0 Å². The molecule has 0 atom stereocenters. The minimum Gasteiger partial charge on any atom is -0.381 e. The standard InChI is InChI=1S/C13H11BrN2O2/c14-11-6-7-13(16(17)18)10(8-11)9-15-12-4-2-1-3-5-12/h1-8,15H,9H2. The summed E-state index contributed by atoms with van der Waals surface area (Å²) in [7, 11) is 0. The monoisotopic (exact) mass is 306 g/mol. The molecular weight excluding hydrogens is 296 g/mol. The summed E-state index contributed by atoms with van der Waals surface area (Å²) in [5, 5.41) is 14.1. The van der Waals surface area contributed by atoms with Crippen LogP contribution >= 0.6 is 15.9 Å². The molecule has 0 radical (unpaired) electrons. The zero-order valence-electron chi connectivity index (χ0n) is 9.47. The van der Waals surface area contributed by atoms with Gasteiger partial charge in [0.2, 0.25) is 0 Å². The number of nitrogens with one attached hydrogen (secondary N) is 1. The van der Waals surface area contributed by atoms with Crippen LogP contribution in [0.25, 0.3) is 0 Å². The summed E-state index contributed by atoms with van der Waals surface area (Å²) in [4.78, 5) is 10.5. The van der Waals surface area contributed by atoms with Crippen molar-refractivity contribution in [3.63, 3.8) is 0 Å². The van der Waals surface area contributed by atoms with Crippen molar-refractivity contribution < 1.29 is 4.92 Å². The van der Waals surface area contributed by atoms with Gasteiger partial charge in [0, 0.05) is 28.3 Å². The molecule has 0 fully saturated rings. The molecule has 0 amide bonds. The highest BCUT2D eigenvalue weighted by Gasteiger charge is 2.13. The van der Waals surface area contributed by atoms with Crippen LogP contribution < -0.4 is 5.32 Å². The van der Waals surface area contributed by atoms with Crippen LogP contribution in [0.1, 0.15) is 5.56 Å². The van der Waals surface area contributed by atoms with Gasteiger partial charge in [0.05, 0.1) is 4.92 Å². The number of hydrogen-bond acceptors (Lipinski definition) is 3. The Labute approximate surface area is 113 Å². The van der Waals surface area contributed by atoms with Gasteiger partial charge < -0.3 is 5.32 Å². The number of nitro groups is 1. The van der Waals surface area contributed by atoms with E-state index in [0.29, 0.717) is 12.1 Å². The van der Waals surface area contributed by atoms with Gasteiger partial charge in [-0.05, 0) is 24.3 Å². The molecule has 0 aliphatic carbocycles.